The first kappa shape index (κ1) is 11.2. The molecule has 0 aliphatic rings. The van der Waals surface area contributed by atoms with Gasteiger partial charge in [-0.1, -0.05) is 0 Å². The van der Waals surface area contributed by atoms with E-state index in [0.717, 1.165) is 6.07 Å². The number of primary amides is 1. The van der Waals surface area contributed by atoms with Crippen LogP contribution in [0.2, 0.25) is 0 Å². The number of ether oxygens (including phenoxy) is 1. The van der Waals surface area contributed by atoms with E-state index in [1.54, 1.807) is 0 Å². The number of halogens is 3. The summed E-state index contributed by atoms with van der Waals surface area (Å²) in [5, 5.41) is 0. The van der Waals surface area contributed by atoms with Crippen molar-refractivity contribution in [2.24, 2.45) is 5.73 Å². The minimum Gasteiger partial charge on any atom is -0.445 e. The van der Waals surface area contributed by atoms with Crippen LogP contribution in [0, 0.1) is 15.2 Å². The molecule has 6 heteroatoms. The first-order valence-corrected chi connectivity index (χ1v) is 4.65. The Balaban J connectivity index is 2.88. The fraction of sp³-hybridized carbons (Fsp3) is 0.125. The predicted octanol–water partition coefficient (Wildman–Crippen LogP) is 2.16. The van der Waals surface area contributed by atoms with Crippen LogP contribution in [0.3, 0.4) is 0 Å². The maximum absolute atomic E-state index is 13.2. The Morgan fingerprint density at radius 3 is 2.71 bits per heavy atom. The van der Waals surface area contributed by atoms with E-state index in [9.17, 15) is 13.6 Å². The third-order valence-electron chi connectivity index (χ3n) is 1.49. The van der Waals surface area contributed by atoms with Gasteiger partial charge in [-0.3, -0.25) is 0 Å². The molecule has 0 aromatic heterocycles. The van der Waals surface area contributed by atoms with E-state index in [0.29, 0.717) is 0 Å². The molecule has 76 valence electrons. The zero-order valence-corrected chi connectivity index (χ0v) is 9.05. The highest BCUT2D eigenvalue weighted by atomic mass is 127. The Morgan fingerprint density at radius 2 is 2.14 bits per heavy atom. The monoisotopic (exact) mass is 313 g/mol. The average Bonchev–Trinajstić information content (AvgIpc) is 2.13. The Morgan fingerprint density at radius 1 is 1.50 bits per heavy atom. The summed E-state index contributed by atoms with van der Waals surface area (Å²) in [4.78, 5) is 10.2. The standard InChI is InChI=1S/C8H6F2INO2/c9-5-2-1-4(3-14-8(12)13)6(10)7(5)11/h1-2H,3H2,(H2,12,13). The molecule has 1 aromatic carbocycles. The molecule has 0 aliphatic carbocycles. The van der Waals surface area contributed by atoms with Crippen LogP contribution in [0.1, 0.15) is 5.56 Å². The Bertz CT molecular complexity index is 371. The lowest BCUT2D eigenvalue weighted by molar-refractivity contribution is 0.149. The molecule has 0 radical (unpaired) electrons. The van der Waals surface area contributed by atoms with Crippen molar-refractivity contribution in [3.05, 3.63) is 32.9 Å². The number of carbonyl (C=O) groups excluding carboxylic acids is 1. The van der Waals surface area contributed by atoms with Crippen molar-refractivity contribution in [3.63, 3.8) is 0 Å². The number of benzene rings is 1. The molecule has 0 unspecified atom stereocenters. The zero-order chi connectivity index (χ0) is 10.7. The normalized spacial score (nSPS) is 9.93. The zero-order valence-electron chi connectivity index (χ0n) is 6.89. The summed E-state index contributed by atoms with van der Waals surface area (Å²) in [6.07, 6.45) is -0.997. The minimum absolute atomic E-state index is 0.0922. The van der Waals surface area contributed by atoms with Gasteiger partial charge in [0.05, 0.1) is 3.57 Å². The van der Waals surface area contributed by atoms with Crippen molar-refractivity contribution in [2.75, 3.05) is 0 Å². The Hall–Kier alpha value is -0.920. The van der Waals surface area contributed by atoms with E-state index in [1.165, 1.54) is 28.7 Å². The number of nitrogens with two attached hydrogens (primary N) is 1. The van der Waals surface area contributed by atoms with Gasteiger partial charge >= 0.3 is 6.09 Å². The summed E-state index contributed by atoms with van der Waals surface area (Å²) >= 11 is 1.53. The second kappa shape index (κ2) is 4.54. The SMILES string of the molecule is NC(=O)OCc1ccc(F)c(I)c1F. The fourth-order valence-corrected chi connectivity index (χ4v) is 1.35. The van der Waals surface area contributed by atoms with Crippen molar-refractivity contribution in [1.29, 1.82) is 0 Å². The molecule has 0 heterocycles. The quantitative estimate of drug-likeness (QED) is 0.672. The molecule has 0 bridgehead atoms. The lowest BCUT2D eigenvalue weighted by Gasteiger charge is -2.05. The number of carbonyl (C=O) groups is 1. The molecule has 0 saturated heterocycles. The van der Waals surface area contributed by atoms with Gasteiger partial charge in [-0.05, 0) is 34.7 Å². The number of hydrogen-bond acceptors (Lipinski definition) is 2. The Labute approximate surface area is 92.4 Å². The molecular formula is C8H6F2INO2. The number of hydrogen-bond donors (Lipinski definition) is 1. The van der Waals surface area contributed by atoms with Crippen LogP contribution in [0.25, 0.3) is 0 Å². The van der Waals surface area contributed by atoms with Crippen molar-refractivity contribution in [1.82, 2.24) is 0 Å². The molecule has 0 aliphatic heterocycles. The van der Waals surface area contributed by atoms with Crippen molar-refractivity contribution in [3.8, 4) is 0 Å². The molecule has 0 fully saturated rings. The summed E-state index contributed by atoms with van der Waals surface area (Å²) < 4.78 is 30.3. The van der Waals surface area contributed by atoms with E-state index in [2.05, 4.69) is 4.74 Å². The fourth-order valence-electron chi connectivity index (χ4n) is 0.826. The summed E-state index contributed by atoms with van der Waals surface area (Å²) in [7, 11) is 0. The molecule has 1 rings (SSSR count). The van der Waals surface area contributed by atoms with Gasteiger partial charge in [0.15, 0.2) is 0 Å². The molecule has 14 heavy (non-hydrogen) atoms. The third kappa shape index (κ3) is 2.53. The van der Waals surface area contributed by atoms with Crippen LogP contribution in [0.15, 0.2) is 12.1 Å². The smallest absolute Gasteiger partial charge is 0.404 e. The summed E-state index contributed by atoms with van der Waals surface area (Å²) in [6.45, 7) is -0.294. The molecular weight excluding hydrogens is 307 g/mol. The topological polar surface area (TPSA) is 52.3 Å². The van der Waals surface area contributed by atoms with Gasteiger partial charge < -0.3 is 10.5 Å². The van der Waals surface area contributed by atoms with Gasteiger partial charge in [0.2, 0.25) is 0 Å². The van der Waals surface area contributed by atoms with Crippen LogP contribution in [-0.4, -0.2) is 6.09 Å². The first-order valence-electron chi connectivity index (χ1n) is 3.57. The van der Waals surface area contributed by atoms with Crippen LogP contribution < -0.4 is 5.73 Å². The second-order valence-electron chi connectivity index (χ2n) is 2.44. The van der Waals surface area contributed by atoms with Gasteiger partial charge in [-0.15, -0.1) is 0 Å². The third-order valence-corrected chi connectivity index (χ3v) is 2.47. The summed E-state index contributed by atoms with van der Waals surface area (Å²) in [6, 6.07) is 2.31. The largest absolute Gasteiger partial charge is 0.445 e. The average molecular weight is 313 g/mol. The van der Waals surface area contributed by atoms with Crippen molar-refractivity contribution >= 4 is 28.7 Å². The molecule has 3 nitrogen and oxygen atoms in total. The molecule has 0 spiro atoms. The second-order valence-corrected chi connectivity index (χ2v) is 3.52. The van der Waals surface area contributed by atoms with Crippen molar-refractivity contribution < 1.29 is 18.3 Å². The summed E-state index contributed by atoms with van der Waals surface area (Å²) in [5.74, 6) is -1.38. The van der Waals surface area contributed by atoms with Gasteiger partial charge in [-0.25, -0.2) is 13.6 Å². The first-order chi connectivity index (χ1) is 6.52. The van der Waals surface area contributed by atoms with Crippen LogP contribution in [-0.2, 0) is 11.3 Å². The number of rotatable bonds is 2. The Kier molecular flexibility index (Phi) is 3.62. The van der Waals surface area contributed by atoms with E-state index < -0.39 is 17.7 Å². The maximum atomic E-state index is 13.2. The molecule has 0 saturated carbocycles. The number of amides is 1. The van der Waals surface area contributed by atoms with Crippen molar-refractivity contribution in [2.45, 2.75) is 6.61 Å². The minimum atomic E-state index is -0.997. The van der Waals surface area contributed by atoms with Crippen LogP contribution >= 0.6 is 22.6 Å². The van der Waals surface area contributed by atoms with Gasteiger partial charge in [0.1, 0.15) is 18.2 Å². The van der Waals surface area contributed by atoms with Gasteiger partial charge in [-0.2, -0.15) is 0 Å². The maximum Gasteiger partial charge on any atom is 0.404 e. The molecule has 2 N–H and O–H groups in total. The van der Waals surface area contributed by atoms with E-state index in [4.69, 9.17) is 5.73 Å². The van der Waals surface area contributed by atoms with Gasteiger partial charge in [0.25, 0.3) is 0 Å². The highest BCUT2D eigenvalue weighted by Gasteiger charge is 2.11. The van der Waals surface area contributed by atoms with Gasteiger partial charge in [0, 0.05) is 5.56 Å². The lowest BCUT2D eigenvalue weighted by Crippen LogP contribution is -2.13. The molecule has 1 aromatic rings. The highest BCUT2D eigenvalue weighted by Crippen LogP contribution is 2.19. The summed E-state index contributed by atoms with van der Waals surface area (Å²) in [5.41, 5.74) is 4.79. The highest BCUT2D eigenvalue weighted by molar-refractivity contribution is 14.1. The van der Waals surface area contributed by atoms with E-state index in [1.807, 2.05) is 0 Å². The lowest BCUT2D eigenvalue weighted by atomic mass is 10.2. The van der Waals surface area contributed by atoms with E-state index in [-0.39, 0.29) is 15.7 Å². The van der Waals surface area contributed by atoms with Crippen LogP contribution in [0.5, 0.6) is 0 Å². The predicted molar refractivity (Wildman–Crippen MR) is 53.4 cm³/mol. The molecule has 1 amide bonds. The molecule has 0 atom stereocenters. The van der Waals surface area contributed by atoms with Crippen LogP contribution in [0.4, 0.5) is 13.6 Å². The van der Waals surface area contributed by atoms with E-state index >= 15 is 0 Å².